The zero-order chi connectivity index (χ0) is 13.8. The summed E-state index contributed by atoms with van der Waals surface area (Å²) in [5.74, 6) is 0.0149. The van der Waals surface area contributed by atoms with Crippen molar-refractivity contribution in [3.05, 3.63) is 53.1 Å². The van der Waals surface area contributed by atoms with Gasteiger partial charge in [0, 0.05) is 35.6 Å². The van der Waals surface area contributed by atoms with Crippen molar-refractivity contribution in [2.24, 2.45) is 0 Å². The molecule has 1 heterocycles. The largest absolute Gasteiger partial charge is 0.380 e. The molecule has 5 nitrogen and oxygen atoms in total. The molecule has 0 spiro atoms. The molecule has 6 heteroatoms. The van der Waals surface area contributed by atoms with E-state index >= 15 is 0 Å². The zero-order valence-corrected chi connectivity index (χ0v) is 10.9. The molecule has 0 aliphatic heterocycles. The van der Waals surface area contributed by atoms with Gasteiger partial charge in [0.1, 0.15) is 6.10 Å². The van der Waals surface area contributed by atoms with Crippen LogP contribution in [0.1, 0.15) is 24.4 Å². The Labute approximate surface area is 115 Å². The van der Waals surface area contributed by atoms with Crippen molar-refractivity contribution in [2.45, 2.75) is 13.0 Å². The number of carbonyl (C=O) groups excluding carboxylic acids is 1. The zero-order valence-electron chi connectivity index (χ0n) is 10.2. The third-order valence-corrected chi connectivity index (χ3v) is 2.68. The van der Waals surface area contributed by atoms with E-state index in [-0.39, 0.29) is 11.7 Å². The summed E-state index contributed by atoms with van der Waals surface area (Å²) in [6.45, 7) is 1.39. The van der Waals surface area contributed by atoms with Crippen molar-refractivity contribution in [2.75, 3.05) is 5.32 Å². The molecular weight excluding hydrogens is 266 g/mol. The van der Waals surface area contributed by atoms with Crippen LogP contribution in [0.15, 0.2) is 36.7 Å². The second-order valence-electron chi connectivity index (χ2n) is 3.92. The van der Waals surface area contributed by atoms with Gasteiger partial charge in [0.15, 0.2) is 5.82 Å². The molecule has 0 unspecified atom stereocenters. The Kier molecular flexibility index (Phi) is 4.09. The second kappa shape index (κ2) is 5.77. The van der Waals surface area contributed by atoms with Gasteiger partial charge in [0.25, 0.3) is 0 Å². The minimum atomic E-state index is -1.05. The summed E-state index contributed by atoms with van der Waals surface area (Å²) in [6, 6.07) is 6.50. The summed E-state index contributed by atoms with van der Waals surface area (Å²) in [5, 5.41) is 13.4. The molecule has 0 fully saturated rings. The number of anilines is 1. The van der Waals surface area contributed by atoms with Gasteiger partial charge in [-0.25, -0.2) is 9.97 Å². The molecule has 2 N–H and O–H groups in total. The first kappa shape index (κ1) is 13.5. The van der Waals surface area contributed by atoms with Gasteiger partial charge in [-0.15, -0.1) is 0 Å². The molecule has 2 rings (SSSR count). The standard InChI is InChI=1S/C13H12ClN3O2/c1-8(18)17-11-4-3-9(14)7-10(11)12(19)13-15-5-2-6-16-13/h2-7,12,19H,1H3,(H,17,18)/t12-/m1/s1. The summed E-state index contributed by atoms with van der Waals surface area (Å²) in [6.07, 6.45) is 2.02. The van der Waals surface area contributed by atoms with Gasteiger partial charge in [-0.1, -0.05) is 11.6 Å². The van der Waals surface area contributed by atoms with Crippen molar-refractivity contribution >= 4 is 23.2 Å². The molecule has 0 aliphatic carbocycles. The topological polar surface area (TPSA) is 75.1 Å². The lowest BCUT2D eigenvalue weighted by atomic mass is 10.1. The summed E-state index contributed by atoms with van der Waals surface area (Å²) in [4.78, 5) is 19.1. The highest BCUT2D eigenvalue weighted by Gasteiger charge is 2.18. The number of amides is 1. The second-order valence-corrected chi connectivity index (χ2v) is 4.36. The molecule has 98 valence electrons. The Morgan fingerprint density at radius 1 is 1.37 bits per heavy atom. The molecular formula is C13H12ClN3O2. The Hall–Kier alpha value is -1.98. The fourth-order valence-electron chi connectivity index (χ4n) is 1.65. The van der Waals surface area contributed by atoms with Crippen molar-refractivity contribution < 1.29 is 9.90 Å². The van der Waals surface area contributed by atoms with Crippen molar-refractivity contribution in [3.63, 3.8) is 0 Å². The van der Waals surface area contributed by atoms with E-state index in [1.54, 1.807) is 24.3 Å². The number of hydrogen-bond donors (Lipinski definition) is 2. The number of aromatic nitrogens is 2. The highest BCUT2D eigenvalue weighted by molar-refractivity contribution is 6.30. The van der Waals surface area contributed by atoms with Gasteiger partial charge in [-0.2, -0.15) is 0 Å². The van der Waals surface area contributed by atoms with Gasteiger partial charge in [-0.3, -0.25) is 4.79 Å². The highest BCUT2D eigenvalue weighted by atomic mass is 35.5. The molecule has 1 atom stereocenters. The number of aliphatic hydroxyl groups is 1. The Morgan fingerprint density at radius 3 is 2.68 bits per heavy atom. The van der Waals surface area contributed by atoms with E-state index in [4.69, 9.17) is 11.6 Å². The minimum Gasteiger partial charge on any atom is -0.380 e. The van der Waals surface area contributed by atoms with Crippen LogP contribution in [0.4, 0.5) is 5.69 Å². The quantitative estimate of drug-likeness (QED) is 0.902. The number of aliphatic hydroxyl groups excluding tert-OH is 1. The van der Waals surface area contributed by atoms with Crippen LogP contribution < -0.4 is 5.32 Å². The lowest BCUT2D eigenvalue weighted by Crippen LogP contribution is -2.12. The average Bonchev–Trinajstić information content (AvgIpc) is 2.40. The maximum atomic E-state index is 11.2. The number of halogens is 1. The number of hydrogen-bond acceptors (Lipinski definition) is 4. The van der Waals surface area contributed by atoms with Gasteiger partial charge < -0.3 is 10.4 Å². The number of rotatable bonds is 3. The third-order valence-electron chi connectivity index (χ3n) is 2.45. The maximum Gasteiger partial charge on any atom is 0.221 e. The van der Waals surface area contributed by atoms with Crippen molar-refractivity contribution in [1.29, 1.82) is 0 Å². The maximum absolute atomic E-state index is 11.2. The highest BCUT2D eigenvalue weighted by Crippen LogP contribution is 2.29. The molecule has 1 aromatic heterocycles. The molecule has 1 amide bonds. The molecule has 0 saturated carbocycles. The lowest BCUT2D eigenvalue weighted by molar-refractivity contribution is -0.114. The van der Waals surface area contributed by atoms with Crippen LogP contribution in [-0.4, -0.2) is 21.0 Å². The first-order valence-electron chi connectivity index (χ1n) is 5.60. The molecule has 0 bridgehead atoms. The normalized spacial score (nSPS) is 11.9. The minimum absolute atomic E-state index is 0.232. The molecule has 0 radical (unpaired) electrons. The predicted molar refractivity (Wildman–Crippen MR) is 71.8 cm³/mol. The first-order chi connectivity index (χ1) is 9.08. The van der Waals surface area contributed by atoms with Crippen LogP contribution >= 0.6 is 11.6 Å². The SMILES string of the molecule is CC(=O)Nc1ccc(Cl)cc1[C@@H](O)c1ncccn1. The average molecular weight is 278 g/mol. The van der Waals surface area contributed by atoms with Crippen molar-refractivity contribution in [3.8, 4) is 0 Å². The Bertz CT molecular complexity index is 590. The monoisotopic (exact) mass is 277 g/mol. The number of nitrogens with one attached hydrogen (secondary N) is 1. The van der Waals surface area contributed by atoms with E-state index in [1.165, 1.54) is 19.3 Å². The summed E-state index contributed by atoms with van der Waals surface area (Å²) in [7, 11) is 0. The number of carbonyl (C=O) groups is 1. The van der Waals surface area contributed by atoms with E-state index in [2.05, 4.69) is 15.3 Å². The number of nitrogens with zero attached hydrogens (tertiary/aromatic N) is 2. The summed E-state index contributed by atoms with van der Waals surface area (Å²) >= 11 is 5.92. The van der Waals surface area contributed by atoms with Crippen LogP contribution in [-0.2, 0) is 4.79 Å². The third kappa shape index (κ3) is 3.27. The molecule has 0 saturated heterocycles. The predicted octanol–water partition coefficient (Wildman–Crippen LogP) is 2.17. The fraction of sp³-hybridized carbons (Fsp3) is 0.154. The van der Waals surface area contributed by atoms with Gasteiger partial charge >= 0.3 is 0 Å². The smallest absolute Gasteiger partial charge is 0.221 e. The fourth-order valence-corrected chi connectivity index (χ4v) is 1.83. The van der Waals surface area contributed by atoms with Gasteiger partial charge in [0.2, 0.25) is 5.91 Å². The number of benzene rings is 1. The van der Waals surface area contributed by atoms with Crippen LogP contribution in [0, 0.1) is 0 Å². The van der Waals surface area contributed by atoms with E-state index in [0.717, 1.165) is 0 Å². The van der Waals surface area contributed by atoms with Crippen LogP contribution in [0.3, 0.4) is 0 Å². The van der Waals surface area contributed by atoms with E-state index in [1.807, 2.05) is 0 Å². The van der Waals surface area contributed by atoms with Gasteiger partial charge in [0.05, 0.1) is 0 Å². The first-order valence-corrected chi connectivity index (χ1v) is 5.97. The van der Waals surface area contributed by atoms with E-state index in [0.29, 0.717) is 16.3 Å². The van der Waals surface area contributed by atoms with Crippen LogP contribution in [0.2, 0.25) is 5.02 Å². The molecule has 2 aromatic rings. The van der Waals surface area contributed by atoms with Crippen LogP contribution in [0.25, 0.3) is 0 Å². The Morgan fingerprint density at radius 2 is 2.05 bits per heavy atom. The van der Waals surface area contributed by atoms with Crippen molar-refractivity contribution in [1.82, 2.24) is 9.97 Å². The molecule has 19 heavy (non-hydrogen) atoms. The molecule has 1 aromatic carbocycles. The lowest BCUT2D eigenvalue weighted by Gasteiger charge is -2.15. The summed E-state index contributed by atoms with van der Waals surface area (Å²) in [5.41, 5.74) is 0.936. The van der Waals surface area contributed by atoms with E-state index in [9.17, 15) is 9.90 Å². The van der Waals surface area contributed by atoms with Crippen LogP contribution in [0.5, 0.6) is 0 Å². The molecule has 0 aliphatic rings. The van der Waals surface area contributed by atoms with E-state index < -0.39 is 6.10 Å². The Balaban J connectivity index is 2.42. The summed E-state index contributed by atoms with van der Waals surface area (Å²) < 4.78 is 0. The van der Waals surface area contributed by atoms with Gasteiger partial charge in [-0.05, 0) is 24.3 Å².